The maximum atomic E-state index is 13.0. The van der Waals surface area contributed by atoms with Gasteiger partial charge in [-0.25, -0.2) is 13.4 Å². The van der Waals surface area contributed by atoms with Crippen LogP contribution in [0.3, 0.4) is 0 Å². The maximum absolute atomic E-state index is 13.0. The number of carbonyl (C=O) groups is 1. The zero-order valence-corrected chi connectivity index (χ0v) is 20.4. The van der Waals surface area contributed by atoms with Crippen LogP contribution >= 0.6 is 11.8 Å². The summed E-state index contributed by atoms with van der Waals surface area (Å²) in [6, 6.07) is 12.5. The first kappa shape index (κ1) is 23.5. The third kappa shape index (κ3) is 4.99. The van der Waals surface area contributed by atoms with E-state index >= 15 is 0 Å². The Labute approximate surface area is 197 Å². The Hall–Kier alpha value is -2.65. The normalized spacial score (nSPS) is 13.8. The number of aromatic nitrogens is 2. The maximum Gasteiger partial charge on any atom is 0.262 e. The van der Waals surface area contributed by atoms with Crippen LogP contribution in [0, 0.1) is 0 Å². The summed E-state index contributed by atoms with van der Waals surface area (Å²) in [7, 11) is -3.35. The molecule has 4 rings (SSSR count). The molecule has 174 valence electrons. The Morgan fingerprint density at radius 1 is 1.18 bits per heavy atom. The molecule has 1 aliphatic heterocycles. The predicted molar refractivity (Wildman–Crippen MR) is 133 cm³/mol. The van der Waals surface area contributed by atoms with E-state index in [1.807, 2.05) is 18.2 Å². The molecular weight excluding hydrogens is 458 g/mol. The first-order valence-electron chi connectivity index (χ1n) is 11.1. The van der Waals surface area contributed by atoms with E-state index in [-0.39, 0.29) is 17.1 Å². The molecule has 0 aliphatic carbocycles. The number of nitrogens with zero attached hydrogens (tertiary/aromatic N) is 3. The SMILES string of the molecule is CCCCn1c(SCC(=O)c2ccc3c(c2)CCCN3S(C)(=O)=O)nc2ccccc2c1=O. The summed E-state index contributed by atoms with van der Waals surface area (Å²) in [5.74, 6) is 0.0644. The molecule has 1 aromatic heterocycles. The highest BCUT2D eigenvalue weighted by atomic mass is 32.2. The number of hydrogen-bond acceptors (Lipinski definition) is 6. The zero-order chi connectivity index (χ0) is 23.6. The molecule has 1 aliphatic rings. The van der Waals surface area contributed by atoms with Gasteiger partial charge in [-0.05, 0) is 55.2 Å². The molecule has 2 aromatic carbocycles. The lowest BCUT2D eigenvalue weighted by Gasteiger charge is -2.29. The van der Waals surface area contributed by atoms with Crippen molar-refractivity contribution in [2.24, 2.45) is 0 Å². The number of fused-ring (bicyclic) bond motifs is 2. The number of ketones is 1. The Morgan fingerprint density at radius 3 is 2.73 bits per heavy atom. The fraction of sp³-hybridized carbons (Fsp3) is 0.375. The second-order valence-electron chi connectivity index (χ2n) is 8.22. The number of benzene rings is 2. The van der Waals surface area contributed by atoms with Crippen LogP contribution in [0.5, 0.6) is 0 Å². The minimum Gasteiger partial charge on any atom is -0.293 e. The van der Waals surface area contributed by atoms with Crippen molar-refractivity contribution >= 4 is 44.2 Å². The van der Waals surface area contributed by atoms with Gasteiger partial charge in [-0.15, -0.1) is 0 Å². The number of aryl methyl sites for hydroxylation is 1. The smallest absolute Gasteiger partial charge is 0.262 e. The van der Waals surface area contributed by atoms with E-state index in [1.54, 1.807) is 28.8 Å². The quantitative estimate of drug-likeness (QED) is 0.273. The first-order chi connectivity index (χ1) is 15.8. The predicted octanol–water partition coefficient (Wildman–Crippen LogP) is 3.88. The van der Waals surface area contributed by atoms with Crippen LogP contribution in [0.1, 0.15) is 42.1 Å². The highest BCUT2D eigenvalue weighted by Crippen LogP contribution is 2.30. The molecule has 0 fully saturated rings. The molecule has 0 atom stereocenters. The largest absolute Gasteiger partial charge is 0.293 e. The van der Waals surface area contributed by atoms with Crippen LogP contribution < -0.4 is 9.86 Å². The van der Waals surface area contributed by atoms with Crippen LogP contribution in [0.15, 0.2) is 52.4 Å². The van der Waals surface area contributed by atoms with Crippen molar-refractivity contribution in [1.29, 1.82) is 0 Å². The zero-order valence-electron chi connectivity index (χ0n) is 18.8. The number of Topliss-reactive ketones (excluding diaryl/α,β-unsaturated/α-hetero) is 1. The molecule has 0 N–H and O–H groups in total. The molecule has 3 aromatic rings. The van der Waals surface area contributed by atoms with E-state index in [1.165, 1.54) is 22.3 Å². The third-order valence-electron chi connectivity index (χ3n) is 5.77. The molecule has 0 amide bonds. The Morgan fingerprint density at radius 2 is 1.97 bits per heavy atom. The minimum absolute atomic E-state index is 0.0799. The van der Waals surface area contributed by atoms with E-state index in [4.69, 9.17) is 0 Å². The Balaban J connectivity index is 1.59. The van der Waals surface area contributed by atoms with Gasteiger partial charge in [0.15, 0.2) is 10.9 Å². The lowest BCUT2D eigenvalue weighted by atomic mass is 9.99. The molecule has 0 radical (unpaired) electrons. The average Bonchev–Trinajstić information content (AvgIpc) is 2.80. The molecule has 7 nitrogen and oxygen atoms in total. The molecule has 9 heteroatoms. The number of para-hydroxylation sites is 1. The fourth-order valence-corrected chi connectivity index (χ4v) is 5.98. The molecule has 0 bridgehead atoms. The van der Waals surface area contributed by atoms with Crippen molar-refractivity contribution < 1.29 is 13.2 Å². The van der Waals surface area contributed by atoms with Gasteiger partial charge in [0.05, 0.1) is 28.6 Å². The van der Waals surface area contributed by atoms with Gasteiger partial charge in [0.1, 0.15) is 0 Å². The molecule has 2 heterocycles. The monoisotopic (exact) mass is 485 g/mol. The standard InChI is InChI=1S/C24H27N3O4S2/c1-3-4-13-26-23(29)19-9-5-6-10-20(19)25-24(26)32-16-22(28)18-11-12-21-17(15-18)8-7-14-27(21)33(2,30)31/h5-6,9-12,15H,3-4,7-8,13-14,16H2,1-2H3. The number of carbonyl (C=O) groups excluding carboxylic acids is 1. The summed E-state index contributed by atoms with van der Waals surface area (Å²) in [5, 5.41) is 1.12. The highest BCUT2D eigenvalue weighted by Gasteiger charge is 2.25. The molecule has 0 spiro atoms. The van der Waals surface area contributed by atoms with Gasteiger partial charge in [0.25, 0.3) is 5.56 Å². The van der Waals surface area contributed by atoms with Crippen molar-refractivity contribution in [2.75, 3.05) is 22.9 Å². The van der Waals surface area contributed by atoms with Gasteiger partial charge >= 0.3 is 0 Å². The second kappa shape index (κ2) is 9.69. The summed E-state index contributed by atoms with van der Waals surface area (Å²) in [6.45, 7) is 3.08. The highest BCUT2D eigenvalue weighted by molar-refractivity contribution is 7.99. The molecule has 33 heavy (non-hydrogen) atoms. The van der Waals surface area contributed by atoms with Crippen LogP contribution in [-0.2, 0) is 23.0 Å². The van der Waals surface area contributed by atoms with Gasteiger partial charge in [0, 0.05) is 18.7 Å². The number of rotatable bonds is 8. The van der Waals surface area contributed by atoms with E-state index in [0.717, 1.165) is 31.2 Å². The van der Waals surface area contributed by atoms with E-state index in [9.17, 15) is 18.0 Å². The third-order valence-corrected chi connectivity index (χ3v) is 7.93. The van der Waals surface area contributed by atoms with Crippen molar-refractivity contribution in [2.45, 2.75) is 44.3 Å². The lowest BCUT2D eigenvalue weighted by Crippen LogP contribution is -2.34. The Kier molecular flexibility index (Phi) is 6.90. The topological polar surface area (TPSA) is 89.3 Å². The molecule has 0 saturated heterocycles. The van der Waals surface area contributed by atoms with E-state index < -0.39 is 10.0 Å². The van der Waals surface area contributed by atoms with Gasteiger partial charge < -0.3 is 0 Å². The summed E-state index contributed by atoms with van der Waals surface area (Å²) in [5.41, 5.74) is 2.60. The van der Waals surface area contributed by atoms with Crippen molar-refractivity contribution in [3.8, 4) is 0 Å². The van der Waals surface area contributed by atoms with Gasteiger partial charge in [0.2, 0.25) is 10.0 Å². The van der Waals surface area contributed by atoms with Crippen LogP contribution in [0.4, 0.5) is 5.69 Å². The summed E-state index contributed by atoms with van der Waals surface area (Å²) < 4.78 is 27.2. The number of sulfonamides is 1. The van der Waals surface area contributed by atoms with Gasteiger partial charge in [-0.2, -0.15) is 0 Å². The van der Waals surface area contributed by atoms with Crippen molar-refractivity contribution in [1.82, 2.24) is 9.55 Å². The molecule has 0 unspecified atom stereocenters. The van der Waals surface area contributed by atoms with Gasteiger partial charge in [-0.1, -0.05) is 37.2 Å². The summed E-state index contributed by atoms with van der Waals surface area (Å²) >= 11 is 1.27. The van der Waals surface area contributed by atoms with Crippen LogP contribution in [0.2, 0.25) is 0 Å². The first-order valence-corrected chi connectivity index (χ1v) is 13.9. The van der Waals surface area contributed by atoms with Crippen molar-refractivity contribution in [3.63, 3.8) is 0 Å². The molecular formula is C24H27N3O4S2. The number of anilines is 1. The minimum atomic E-state index is -3.35. The van der Waals surface area contributed by atoms with Crippen LogP contribution in [-0.4, -0.2) is 42.3 Å². The second-order valence-corrected chi connectivity index (χ2v) is 11.1. The number of thioether (sulfide) groups is 1. The average molecular weight is 486 g/mol. The fourth-order valence-electron chi connectivity index (χ4n) is 4.07. The Bertz CT molecular complexity index is 1370. The lowest BCUT2D eigenvalue weighted by molar-refractivity contribution is 0.102. The van der Waals surface area contributed by atoms with Crippen LogP contribution in [0.25, 0.3) is 10.9 Å². The van der Waals surface area contributed by atoms with E-state index in [0.29, 0.717) is 40.4 Å². The summed E-state index contributed by atoms with van der Waals surface area (Å²) in [6.07, 6.45) is 4.45. The number of hydrogen-bond donors (Lipinski definition) is 0. The molecule has 0 saturated carbocycles. The summed E-state index contributed by atoms with van der Waals surface area (Å²) in [4.78, 5) is 30.7. The number of unbranched alkanes of at least 4 members (excludes halogenated alkanes) is 1. The van der Waals surface area contributed by atoms with Gasteiger partial charge in [-0.3, -0.25) is 18.5 Å². The van der Waals surface area contributed by atoms with Crippen molar-refractivity contribution in [3.05, 3.63) is 63.9 Å². The van der Waals surface area contributed by atoms with E-state index in [2.05, 4.69) is 11.9 Å².